The Morgan fingerprint density at radius 3 is 2.39 bits per heavy atom. The second-order valence-corrected chi connectivity index (χ2v) is 9.46. The number of fused-ring (bicyclic) bond motifs is 1. The van der Waals surface area contributed by atoms with Gasteiger partial charge in [-0.25, -0.2) is 4.79 Å². The first-order valence-electron chi connectivity index (χ1n) is 12.3. The monoisotopic (exact) mass is 497 g/mol. The average molecular weight is 498 g/mol. The number of hydrogen-bond acceptors (Lipinski definition) is 6. The van der Waals surface area contributed by atoms with Crippen LogP contribution in [0, 0.1) is 5.92 Å². The van der Waals surface area contributed by atoms with Crippen LogP contribution in [0.2, 0.25) is 0 Å². The van der Waals surface area contributed by atoms with Gasteiger partial charge in [0, 0.05) is 52.2 Å². The van der Waals surface area contributed by atoms with E-state index in [4.69, 9.17) is 14.2 Å². The molecule has 1 fully saturated rings. The summed E-state index contributed by atoms with van der Waals surface area (Å²) in [6.07, 6.45) is 0.846. The second kappa shape index (κ2) is 11.1. The second-order valence-electron chi connectivity index (χ2n) is 9.46. The van der Waals surface area contributed by atoms with Crippen LogP contribution < -0.4 is 14.2 Å². The van der Waals surface area contributed by atoms with Crippen molar-refractivity contribution in [1.29, 1.82) is 0 Å². The molecule has 0 bridgehead atoms. The Hall–Kier alpha value is -3.46. The highest BCUT2D eigenvalue weighted by molar-refractivity contribution is 5.74. The van der Waals surface area contributed by atoms with Gasteiger partial charge < -0.3 is 29.1 Å². The standard InChI is InChI=1S/C27H35N3O6/c1-5-12-29(27(33)28(2)3)13-14-30-16-21(19-8-11-22-23(15-19)36-17-35-22)24(26(31)32)25(30)18-6-9-20(34-4)10-7-18/h6-11,15,21,24-25H,5,12-14,16-17H2,1-4H3,(H,31,32)/t21-,24+,25-/m1/s1. The predicted octanol–water partition coefficient (Wildman–Crippen LogP) is 3.66. The summed E-state index contributed by atoms with van der Waals surface area (Å²) in [7, 11) is 5.10. The minimum Gasteiger partial charge on any atom is -0.497 e. The number of likely N-dealkylation sites (tertiary alicyclic amines) is 1. The summed E-state index contributed by atoms with van der Waals surface area (Å²) in [5.41, 5.74) is 1.81. The predicted molar refractivity (Wildman–Crippen MR) is 135 cm³/mol. The zero-order valence-corrected chi connectivity index (χ0v) is 21.3. The molecule has 2 aromatic rings. The first-order valence-corrected chi connectivity index (χ1v) is 12.3. The molecule has 194 valence electrons. The maximum atomic E-state index is 12.7. The number of ether oxygens (including phenoxy) is 3. The molecule has 1 saturated heterocycles. The lowest BCUT2D eigenvalue weighted by molar-refractivity contribution is -0.143. The van der Waals surface area contributed by atoms with E-state index in [1.807, 2.05) is 54.3 Å². The highest BCUT2D eigenvalue weighted by Crippen LogP contribution is 2.47. The molecule has 2 amide bonds. The molecule has 4 rings (SSSR count). The van der Waals surface area contributed by atoms with Crippen LogP contribution in [0.15, 0.2) is 42.5 Å². The highest BCUT2D eigenvalue weighted by atomic mass is 16.7. The molecule has 1 N–H and O–H groups in total. The topological polar surface area (TPSA) is 91.8 Å². The number of carboxylic acids is 1. The first kappa shape index (κ1) is 25.6. The Morgan fingerprint density at radius 1 is 1.06 bits per heavy atom. The third-order valence-corrected chi connectivity index (χ3v) is 6.97. The molecule has 9 nitrogen and oxygen atoms in total. The van der Waals surface area contributed by atoms with Crippen molar-refractivity contribution in [3.63, 3.8) is 0 Å². The SMILES string of the molecule is CCCN(CCN1C[C@H](c2ccc3c(c2)OCO3)[C@H](C(=O)O)[C@H]1c1ccc(OC)cc1)C(=O)N(C)C. The molecule has 0 spiro atoms. The maximum absolute atomic E-state index is 12.7. The van der Waals surface area contributed by atoms with Gasteiger partial charge in [0.15, 0.2) is 11.5 Å². The van der Waals surface area contributed by atoms with E-state index in [1.54, 1.807) is 26.1 Å². The summed E-state index contributed by atoms with van der Waals surface area (Å²) in [6, 6.07) is 12.9. The quantitative estimate of drug-likeness (QED) is 0.565. The lowest BCUT2D eigenvalue weighted by Crippen LogP contribution is -2.44. The van der Waals surface area contributed by atoms with Crippen molar-refractivity contribution in [2.75, 3.05) is 54.2 Å². The third kappa shape index (κ3) is 5.21. The molecular formula is C27H35N3O6. The molecule has 2 aliphatic heterocycles. The number of nitrogens with zero attached hydrogens (tertiary/aromatic N) is 3. The Bertz CT molecular complexity index is 1070. The number of carbonyl (C=O) groups excluding carboxylic acids is 1. The average Bonchev–Trinajstić information content (AvgIpc) is 3.50. The molecule has 0 saturated carbocycles. The first-order chi connectivity index (χ1) is 17.3. The lowest BCUT2D eigenvalue weighted by atomic mass is 9.82. The van der Waals surface area contributed by atoms with E-state index < -0.39 is 11.9 Å². The molecule has 3 atom stereocenters. The number of benzene rings is 2. The van der Waals surface area contributed by atoms with Crippen molar-refractivity contribution in [1.82, 2.24) is 14.7 Å². The molecule has 0 unspecified atom stereocenters. The molecule has 2 heterocycles. The molecular weight excluding hydrogens is 462 g/mol. The minimum atomic E-state index is -0.851. The zero-order valence-electron chi connectivity index (χ0n) is 21.3. The normalized spacial score (nSPS) is 20.8. The molecule has 2 aromatic carbocycles. The summed E-state index contributed by atoms with van der Waals surface area (Å²) in [4.78, 5) is 31.1. The van der Waals surface area contributed by atoms with Crippen molar-refractivity contribution < 1.29 is 28.9 Å². The van der Waals surface area contributed by atoms with E-state index in [0.717, 1.165) is 17.5 Å². The Labute approximate surface area is 212 Å². The van der Waals surface area contributed by atoms with Gasteiger partial charge in [-0.3, -0.25) is 9.69 Å². The number of amides is 2. The third-order valence-electron chi connectivity index (χ3n) is 6.97. The van der Waals surface area contributed by atoms with E-state index in [1.165, 1.54) is 0 Å². The Morgan fingerprint density at radius 2 is 1.75 bits per heavy atom. The summed E-state index contributed by atoms with van der Waals surface area (Å²) in [5, 5.41) is 10.4. The maximum Gasteiger partial charge on any atom is 0.319 e. The summed E-state index contributed by atoms with van der Waals surface area (Å²) in [6.45, 7) is 4.47. The van der Waals surface area contributed by atoms with Gasteiger partial charge in [-0.05, 0) is 41.8 Å². The van der Waals surface area contributed by atoms with Gasteiger partial charge in [0.05, 0.1) is 13.0 Å². The largest absolute Gasteiger partial charge is 0.497 e. The Kier molecular flexibility index (Phi) is 7.88. The number of rotatable bonds is 9. The van der Waals surface area contributed by atoms with Crippen molar-refractivity contribution in [2.24, 2.45) is 5.92 Å². The molecule has 2 aliphatic rings. The molecule has 0 aliphatic carbocycles. The van der Waals surface area contributed by atoms with Crippen molar-refractivity contribution in [3.8, 4) is 17.2 Å². The van der Waals surface area contributed by atoms with Crippen LogP contribution in [-0.4, -0.2) is 86.0 Å². The molecule has 0 aromatic heterocycles. The fourth-order valence-electron chi connectivity index (χ4n) is 5.25. The highest BCUT2D eigenvalue weighted by Gasteiger charge is 2.47. The van der Waals surface area contributed by atoms with Crippen molar-refractivity contribution in [2.45, 2.75) is 25.3 Å². The summed E-state index contributed by atoms with van der Waals surface area (Å²) >= 11 is 0. The van der Waals surface area contributed by atoms with Crippen LogP contribution in [0.4, 0.5) is 4.79 Å². The van der Waals surface area contributed by atoms with Crippen molar-refractivity contribution in [3.05, 3.63) is 53.6 Å². The van der Waals surface area contributed by atoms with Crippen LogP contribution in [0.3, 0.4) is 0 Å². The fraction of sp³-hybridized carbons (Fsp3) is 0.481. The van der Waals surface area contributed by atoms with E-state index >= 15 is 0 Å². The van der Waals surface area contributed by atoms with E-state index in [9.17, 15) is 14.7 Å². The van der Waals surface area contributed by atoms with E-state index in [0.29, 0.717) is 43.4 Å². The van der Waals surface area contributed by atoms with Crippen LogP contribution in [0.5, 0.6) is 17.2 Å². The number of aliphatic carboxylic acids is 1. The Balaban J connectivity index is 1.67. The van der Waals surface area contributed by atoms with Gasteiger partial charge in [-0.1, -0.05) is 25.1 Å². The van der Waals surface area contributed by atoms with Crippen molar-refractivity contribution >= 4 is 12.0 Å². The number of methoxy groups -OCH3 is 1. The van der Waals surface area contributed by atoms with Crippen LogP contribution >= 0.6 is 0 Å². The molecule has 0 radical (unpaired) electrons. The van der Waals surface area contributed by atoms with Gasteiger partial charge >= 0.3 is 12.0 Å². The fourth-order valence-corrected chi connectivity index (χ4v) is 5.25. The number of carbonyl (C=O) groups is 2. The van der Waals surface area contributed by atoms with Crippen LogP contribution in [0.25, 0.3) is 0 Å². The number of carboxylic acid groups (broad SMARTS) is 1. The summed E-state index contributed by atoms with van der Waals surface area (Å²) < 4.78 is 16.3. The number of urea groups is 1. The zero-order chi connectivity index (χ0) is 25.8. The lowest BCUT2D eigenvalue weighted by Gasteiger charge is -2.31. The summed E-state index contributed by atoms with van der Waals surface area (Å²) in [5.74, 6) is 0.242. The van der Waals surface area contributed by atoms with Gasteiger partial charge in [0.2, 0.25) is 6.79 Å². The van der Waals surface area contributed by atoms with Gasteiger partial charge in [0.25, 0.3) is 0 Å². The van der Waals surface area contributed by atoms with Crippen LogP contribution in [-0.2, 0) is 4.79 Å². The van der Waals surface area contributed by atoms with Crippen LogP contribution in [0.1, 0.15) is 36.4 Å². The molecule has 36 heavy (non-hydrogen) atoms. The smallest absolute Gasteiger partial charge is 0.319 e. The van der Waals surface area contributed by atoms with E-state index in [-0.39, 0.29) is 24.8 Å². The molecule has 9 heteroatoms. The van der Waals surface area contributed by atoms with Gasteiger partial charge in [0.1, 0.15) is 5.75 Å². The number of hydrogen-bond donors (Lipinski definition) is 1. The van der Waals surface area contributed by atoms with E-state index in [2.05, 4.69) is 4.90 Å². The van der Waals surface area contributed by atoms with Gasteiger partial charge in [-0.2, -0.15) is 0 Å². The van der Waals surface area contributed by atoms with Gasteiger partial charge in [-0.15, -0.1) is 0 Å². The minimum absolute atomic E-state index is 0.0425.